The van der Waals surface area contributed by atoms with E-state index in [1.807, 2.05) is 41.1 Å². The smallest absolute Gasteiger partial charge is 0.254 e. The van der Waals surface area contributed by atoms with Gasteiger partial charge in [-0.3, -0.25) is 9.78 Å². The summed E-state index contributed by atoms with van der Waals surface area (Å²) in [4.78, 5) is 18.2. The summed E-state index contributed by atoms with van der Waals surface area (Å²) in [7, 11) is 0. The monoisotopic (exact) mass is 354 g/mol. The van der Waals surface area contributed by atoms with E-state index in [0.717, 1.165) is 16.5 Å². The number of carbonyl (C=O) groups is 1. The van der Waals surface area contributed by atoms with Crippen LogP contribution in [0.1, 0.15) is 16.8 Å². The highest BCUT2D eigenvalue weighted by atomic mass is 32.1. The lowest BCUT2D eigenvalue weighted by Gasteiger charge is -2.36. The van der Waals surface area contributed by atoms with Gasteiger partial charge in [-0.1, -0.05) is 12.1 Å². The van der Waals surface area contributed by atoms with Crippen LogP contribution >= 0.6 is 11.3 Å². The molecule has 3 aromatic rings. The largest absolute Gasteiger partial charge is 0.487 e. The number of hydrogen-bond acceptors (Lipinski definition) is 5. The molecule has 0 spiro atoms. The van der Waals surface area contributed by atoms with E-state index < -0.39 is 6.10 Å². The molecular formula is C19H18N2O3S. The Labute approximate surface area is 149 Å². The van der Waals surface area contributed by atoms with Gasteiger partial charge < -0.3 is 14.7 Å². The Morgan fingerprint density at radius 1 is 1.32 bits per heavy atom. The van der Waals surface area contributed by atoms with Crippen LogP contribution in [-0.2, 0) is 0 Å². The van der Waals surface area contributed by atoms with Gasteiger partial charge in [0.2, 0.25) is 0 Å². The van der Waals surface area contributed by atoms with Gasteiger partial charge in [0.15, 0.2) is 0 Å². The van der Waals surface area contributed by atoms with Crippen molar-refractivity contribution >= 4 is 28.0 Å². The number of hydrogen-bond donors (Lipinski definition) is 1. The third-order valence-corrected chi connectivity index (χ3v) is 5.18. The van der Waals surface area contributed by atoms with E-state index in [2.05, 4.69) is 4.98 Å². The molecule has 0 aliphatic carbocycles. The molecule has 1 saturated heterocycles. The van der Waals surface area contributed by atoms with Crippen molar-refractivity contribution in [3.8, 4) is 5.75 Å². The minimum absolute atomic E-state index is 0.0324. The van der Waals surface area contributed by atoms with Crippen LogP contribution in [0.25, 0.3) is 10.8 Å². The molecule has 1 fully saturated rings. The Bertz CT molecular complexity index is 876. The first kappa shape index (κ1) is 16.1. The number of ether oxygens (including phenoxy) is 1. The zero-order chi connectivity index (χ0) is 17.2. The van der Waals surface area contributed by atoms with Crippen LogP contribution in [0.5, 0.6) is 5.75 Å². The second-order valence-electron chi connectivity index (χ2n) is 6.13. The summed E-state index contributed by atoms with van der Waals surface area (Å²) in [6.07, 6.45) is 3.08. The fourth-order valence-corrected chi connectivity index (χ4v) is 3.79. The summed E-state index contributed by atoms with van der Waals surface area (Å²) in [5.74, 6) is 0.705. The van der Waals surface area contributed by atoms with Gasteiger partial charge in [-0.05, 0) is 23.6 Å². The van der Waals surface area contributed by atoms with E-state index in [4.69, 9.17) is 4.74 Å². The van der Waals surface area contributed by atoms with Gasteiger partial charge in [-0.2, -0.15) is 11.3 Å². The number of aliphatic hydroxyl groups is 1. The summed E-state index contributed by atoms with van der Waals surface area (Å²) >= 11 is 1.50. The Hall–Kier alpha value is -2.44. The molecule has 4 rings (SSSR count). The van der Waals surface area contributed by atoms with Crippen molar-refractivity contribution in [1.82, 2.24) is 9.88 Å². The Balaban J connectivity index is 1.47. The molecule has 6 heteroatoms. The first-order chi connectivity index (χ1) is 12.2. The first-order valence-electron chi connectivity index (χ1n) is 8.21. The highest BCUT2D eigenvalue weighted by Crippen LogP contribution is 2.28. The Morgan fingerprint density at radius 2 is 2.24 bits per heavy atom. The molecule has 3 heterocycles. The number of benzene rings is 1. The average molecular weight is 354 g/mol. The van der Waals surface area contributed by atoms with Crippen LogP contribution in [-0.4, -0.2) is 46.2 Å². The first-order valence-corrected chi connectivity index (χ1v) is 9.15. The molecule has 5 nitrogen and oxygen atoms in total. The number of pyridine rings is 1. The van der Waals surface area contributed by atoms with E-state index in [1.54, 1.807) is 17.3 Å². The highest BCUT2D eigenvalue weighted by Gasteiger charge is 2.32. The van der Waals surface area contributed by atoms with Crippen molar-refractivity contribution in [3.05, 3.63) is 59.0 Å². The number of fused-ring (bicyclic) bond motifs is 1. The van der Waals surface area contributed by atoms with Crippen LogP contribution < -0.4 is 4.74 Å². The maximum atomic E-state index is 12.4. The van der Waals surface area contributed by atoms with Crippen LogP contribution in [0.3, 0.4) is 0 Å². The lowest BCUT2D eigenvalue weighted by atomic mass is 10.0. The number of thiophene rings is 1. The van der Waals surface area contributed by atoms with Crippen molar-refractivity contribution in [2.45, 2.75) is 18.6 Å². The number of rotatable bonds is 3. The highest BCUT2D eigenvalue weighted by molar-refractivity contribution is 7.08. The lowest BCUT2D eigenvalue weighted by Crippen LogP contribution is -2.50. The quantitative estimate of drug-likeness (QED) is 0.785. The molecule has 1 aromatic carbocycles. The number of nitrogens with zero attached hydrogens (tertiary/aromatic N) is 2. The number of likely N-dealkylation sites (tertiary alicyclic amines) is 1. The molecule has 25 heavy (non-hydrogen) atoms. The van der Waals surface area contributed by atoms with E-state index in [9.17, 15) is 9.90 Å². The Kier molecular flexibility index (Phi) is 4.38. The molecule has 0 bridgehead atoms. The molecule has 128 valence electrons. The standard InChI is InChI=1S/C19H18N2O3S/c22-16-11-21(19(23)14-6-9-25-12-14)8-5-18(16)24-17-3-1-2-13-10-20-7-4-15(13)17/h1-4,6-7,9-10,12,16,18,22H,5,8,11H2/t16-,18-/m1/s1. The number of β-amino-alcohol motifs (C(OH)–C–C–N with tert-alkyl or cyclic N) is 1. The lowest BCUT2D eigenvalue weighted by molar-refractivity contribution is -0.0193. The minimum Gasteiger partial charge on any atom is -0.487 e. The molecule has 2 atom stereocenters. The Morgan fingerprint density at radius 3 is 3.04 bits per heavy atom. The molecule has 0 unspecified atom stereocenters. The van der Waals surface area contributed by atoms with Gasteiger partial charge in [0.1, 0.15) is 18.0 Å². The average Bonchev–Trinajstić information content (AvgIpc) is 3.18. The number of piperidine rings is 1. The molecule has 0 saturated carbocycles. The zero-order valence-corrected chi connectivity index (χ0v) is 14.4. The fraction of sp³-hybridized carbons (Fsp3) is 0.263. The summed E-state index contributed by atoms with van der Waals surface area (Å²) in [6.45, 7) is 0.856. The number of aliphatic hydroxyl groups excluding tert-OH is 1. The predicted molar refractivity (Wildman–Crippen MR) is 97.0 cm³/mol. The predicted octanol–water partition coefficient (Wildman–Crippen LogP) is 2.95. The van der Waals surface area contributed by atoms with E-state index in [-0.39, 0.29) is 18.6 Å². The molecule has 1 aliphatic heterocycles. The summed E-state index contributed by atoms with van der Waals surface area (Å²) in [5, 5.41) is 16.2. The normalized spacial score (nSPS) is 20.6. The summed E-state index contributed by atoms with van der Waals surface area (Å²) < 4.78 is 6.09. The SMILES string of the molecule is O=C(c1ccsc1)N1CC[C@@H](Oc2cccc3cnccc23)[C@H](O)C1. The maximum absolute atomic E-state index is 12.4. The second kappa shape index (κ2) is 6.82. The zero-order valence-electron chi connectivity index (χ0n) is 13.5. The van der Waals surface area contributed by atoms with Crippen molar-refractivity contribution in [1.29, 1.82) is 0 Å². The molecule has 1 aliphatic rings. The molecule has 1 N–H and O–H groups in total. The molecule has 0 radical (unpaired) electrons. The second-order valence-corrected chi connectivity index (χ2v) is 6.91. The minimum atomic E-state index is -0.714. The third kappa shape index (κ3) is 3.23. The van der Waals surface area contributed by atoms with Crippen LogP contribution in [0.15, 0.2) is 53.5 Å². The van der Waals surface area contributed by atoms with E-state index in [0.29, 0.717) is 18.5 Å². The van der Waals surface area contributed by atoms with Gasteiger partial charge in [-0.15, -0.1) is 0 Å². The van der Waals surface area contributed by atoms with E-state index in [1.165, 1.54) is 11.3 Å². The van der Waals surface area contributed by atoms with Crippen LogP contribution in [0, 0.1) is 0 Å². The fourth-order valence-electron chi connectivity index (χ4n) is 3.16. The van der Waals surface area contributed by atoms with E-state index >= 15 is 0 Å². The number of amides is 1. The molecular weight excluding hydrogens is 336 g/mol. The van der Waals surface area contributed by atoms with Gasteiger partial charge >= 0.3 is 0 Å². The van der Waals surface area contributed by atoms with Crippen molar-refractivity contribution < 1.29 is 14.6 Å². The topological polar surface area (TPSA) is 62.7 Å². The van der Waals surface area contributed by atoms with Crippen LogP contribution in [0.4, 0.5) is 0 Å². The van der Waals surface area contributed by atoms with Gasteiger partial charge in [0, 0.05) is 41.5 Å². The maximum Gasteiger partial charge on any atom is 0.254 e. The van der Waals surface area contributed by atoms with Gasteiger partial charge in [0.25, 0.3) is 5.91 Å². The van der Waals surface area contributed by atoms with Crippen LogP contribution in [0.2, 0.25) is 0 Å². The third-order valence-electron chi connectivity index (χ3n) is 4.49. The van der Waals surface area contributed by atoms with Gasteiger partial charge in [0.05, 0.1) is 12.1 Å². The molecule has 1 amide bonds. The van der Waals surface area contributed by atoms with Crippen molar-refractivity contribution in [2.24, 2.45) is 0 Å². The van der Waals surface area contributed by atoms with Gasteiger partial charge in [-0.25, -0.2) is 0 Å². The number of aromatic nitrogens is 1. The summed E-state index contributed by atoms with van der Waals surface area (Å²) in [6, 6.07) is 9.52. The molecule has 2 aromatic heterocycles. The number of carbonyl (C=O) groups excluding carboxylic acids is 1. The summed E-state index contributed by atoms with van der Waals surface area (Å²) in [5.41, 5.74) is 0.679. The van der Waals surface area contributed by atoms with Crippen molar-refractivity contribution in [2.75, 3.05) is 13.1 Å². The van der Waals surface area contributed by atoms with Crippen molar-refractivity contribution in [3.63, 3.8) is 0 Å².